The van der Waals surface area contributed by atoms with Crippen molar-refractivity contribution in [2.75, 3.05) is 6.61 Å². The van der Waals surface area contributed by atoms with E-state index >= 15 is 0 Å². The second-order valence-electron chi connectivity index (χ2n) is 7.10. The molecule has 0 unspecified atom stereocenters. The number of esters is 1. The Balaban J connectivity index is 1.66. The van der Waals surface area contributed by atoms with Crippen LogP contribution in [0.25, 0.3) is 22.0 Å². The third-order valence-corrected chi connectivity index (χ3v) is 6.98. The lowest BCUT2D eigenvalue weighted by Gasteiger charge is -2.11. The van der Waals surface area contributed by atoms with Gasteiger partial charge in [-0.25, -0.2) is 9.78 Å². The average molecular weight is 460 g/mol. The van der Waals surface area contributed by atoms with E-state index in [1.165, 1.54) is 11.8 Å². The molecule has 32 heavy (non-hydrogen) atoms. The maximum absolute atomic E-state index is 12.1. The van der Waals surface area contributed by atoms with Crippen molar-refractivity contribution in [3.63, 3.8) is 0 Å². The van der Waals surface area contributed by atoms with E-state index in [1.807, 2.05) is 68.5 Å². The van der Waals surface area contributed by atoms with Crippen molar-refractivity contribution >= 4 is 45.4 Å². The van der Waals surface area contributed by atoms with Crippen LogP contribution in [-0.4, -0.2) is 22.1 Å². The minimum absolute atomic E-state index is 0.336. The number of hydrogen-bond donors (Lipinski definition) is 0. The Hall–Kier alpha value is -3.34. The fraction of sp³-hybridized carbons (Fsp3) is 0.160. The number of carbonyl (C=O) groups excluding carboxylic acids is 1. The summed E-state index contributed by atoms with van der Waals surface area (Å²) in [6.07, 6.45) is 1.89. The van der Waals surface area contributed by atoms with Gasteiger partial charge in [0.15, 0.2) is 4.34 Å². The highest BCUT2D eigenvalue weighted by atomic mass is 32.2. The smallest absolute Gasteiger partial charge is 0.338 e. The number of hydrogen-bond acceptors (Lipinski definition) is 6. The maximum atomic E-state index is 12.1. The first-order valence-electron chi connectivity index (χ1n) is 10.1. The van der Waals surface area contributed by atoms with E-state index in [4.69, 9.17) is 4.74 Å². The number of rotatable bonds is 6. The molecule has 0 spiro atoms. The number of aromatic nitrogens is 2. The van der Waals surface area contributed by atoms with Gasteiger partial charge in [0.1, 0.15) is 6.07 Å². The molecular formula is C25H21N3O2S2. The van der Waals surface area contributed by atoms with Gasteiger partial charge in [-0.1, -0.05) is 18.2 Å². The molecule has 0 bridgehead atoms. The van der Waals surface area contributed by atoms with Gasteiger partial charge in [0.2, 0.25) is 0 Å². The zero-order chi connectivity index (χ0) is 22.7. The van der Waals surface area contributed by atoms with Gasteiger partial charge >= 0.3 is 5.97 Å². The highest BCUT2D eigenvalue weighted by Gasteiger charge is 2.14. The van der Waals surface area contributed by atoms with Crippen molar-refractivity contribution in [1.29, 1.82) is 5.26 Å². The van der Waals surface area contributed by atoms with Crippen LogP contribution in [-0.2, 0) is 4.74 Å². The number of nitrogens with zero attached hydrogens (tertiary/aromatic N) is 3. The number of thiazole rings is 1. The number of ether oxygens (including phenoxy) is 1. The average Bonchev–Trinajstić information content (AvgIpc) is 3.32. The summed E-state index contributed by atoms with van der Waals surface area (Å²) < 4.78 is 9.15. The molecule has 0 atom stereocenters. The van der Waals surface area contributed by atoms with Gasteiger partial charge in [-0.15, -0.1) is 11.3 Å². The molecule has 0 aliphatic rings. The van der Waals surface area contributed by atoms with Gasteiger partial charge in [0.05, 0.1) is 27.3 Å². The van der Waals surface area contributed by atoms with Crippen molar-refractivity contribution in [3.05, 3.63) is 82.0 Å². The van der Waals surface area contributed by atoms with Crippen LogP contribution in [0.5, 0.6) is 0 Å². The van der Waals surface area contributed by atoms with E-state index in [1.54, 1.807) is 24.3 Å². The zero-order valence-electron chi connectivity index (χ0n) is 18.0. The number of nitriles is 1. The van der Waals surface area contributed by atoms with Crippen molar-refractivity contribution in [2.45, 2.75) is 25.1 Å². The first-order chi connectivity index (χ1) is 15.5. The van der Waals surface area contributed by atoms with Gasteiger partial charge in [0.25, 0.3) is 0 Å². The molecule has 0 aliphatic carbocycles. The quantitative estimate of drug-likeness (QED) is 0.186. The van der Waals surface area contributed by atoms with Gasteiger partial charge in [-0.3, -0.25) is 0 Å². The molecule has 4 aromatic rings. The number of benzene rings is 2. The third-order valence-electron chi connectivity index (χ3n) is 4.95. The first kappa shape index (κ1) is 21.9. The van der Waals surface area contributed by atoms with Crippen LogP contribution in [0.4, 0.5) is 0 Å². The summed E-state index contributed by atoms with van der Waals surface area (Å²) >= 11 is 2.96. The van der Waals surface area contributed by atoms with Crippen molar-refractivity contribution < 1.29 is 9.53 Å². The zero-order valence-corrected chi connectivity index (χ0v) is 19.6. The van der Waals surface area contributed by atoms with Gasteiger partial charge in [-0.2, -0.15) is 5.26 Å². The van der Waals surface area contributed by atoms with Crippen molar-refractivity contribution in [1.82, 2.24) is 9.55 Å². The molecule has 0 amide bonds. The van der Waals surface area contributed by atoms with Crippen LogP contribution in [0.1, 0.15) is 34.2 Å². The van der Waals surface area contributed by atoms with E-state index < -0.39 is 0 Å². The second-order valence-corrected chi connectivity index (χ2v) is 9.42. The molecule has 2 heterocycles. The summed E-state index contributed by atoms with van der Waals surface area (Å²) in [4.78, 5) is 17.3. The lowest BCUT2D eigenvalue weighted by atomic mass is 10.2. The summed E-state index contributed by atoms with van der Waals surface area (Å²) in [6.45, 7) is 6.14. The summed E-state index contributed by atoms with van der Waals surface area (Å²) in [7, 11) is 0. The Morgan fingerprint density at radius 3 is 2.78 bits per heavy atom. The molecule has 2 aromatic carbocycles. The van der Waals surface area contributed by atoms with E-state index in [-0.39, 0.29) is 5.97 Å². The molecule has 0 N–H and O–H groups in total. The number of fused-ring (bicyclic) bond motifs is 1. The van der Waals surface area contributed by atoms with Crippen LogP contribution in [0, 0.1) is 25.2 Å². The van der Waals surface area contributed by atoms with E-state index in [9.17, 15) is 10.1 Å². The fourth-order valence-corrected chi connectivity index (χ4v) is 5.50. The molecule has 0 aliphatic heterocycles. The molecule has 4 rings (SSSR count). The second kappa shape index (κ2) is 9.43. The van der Waals surface area contributed by atoms with Gasteiger partial charge in [0, 0.05) is 17.1 Å². The molecule has 0 saturated heterocycles. The van der Waals surface area contributed by atoms with Crippen LogP contribution in [0.2, 0.25) is 0 Å². The van der Waals surface area contributed by atoms with Crippen molar-refractivity contribution in [2.24, 2.45) is 0 Å². The Kier molecular flexibility index (Phi) is 6.45. The van der Waals surface area contributed by atoms with Crippen LogP contribution in [0.3, 0.4) is 0 Å². The Morgan fingerprint density at radius 1 is 1.22 bits per heavy atom. The number of carbonyl (C=O) groups is 1. The Bertz CT molecular complexity index is 1340. The molecule has 0 saturated carbocycles. The maximum Gasteiger partial charge on any atom is 0.338 e. The SMILES string of the molecule is CCOC(=O)c1cccc(-n2c(C)cc(/C=C(\C#N)Sc3nc4ccccc4s3)c2C)c1. The normalized spacial score (nSPS) is 11.5. The molecule has 2 aromatic heterocycles. The summed E-state index contributed by atoms with van der Waals surface area (Å²) in [5, 5.41) is 9.74. The molecule has 7 heteroatoms. The Morgan fingerprint density at radius 2 is 2.03 bits per heavy atom. The molecular weight excluding hydrogens is 438 g/mol. The van der Waals surface area contributed by atoms with Crippen molar-refractivity contribution in [3.8, 4) is 11.8 Å². The van der Waals surface area contributed by atoms with E-state index in [0.29, 0.717) is 17.1 Å². The van der Waals surface area contributed by atoms with Gasteiger partial charge < -0.3 is 9.30 Å². The molecule has 5 nitrogen and oxygen atoms in total. The molecule has 0 radical (unpaired) electrons. The van der Waals surface area contributed by atoms with Gasteiger partial charge in [-0.05, 0) is 80.6 Å². The first-order valence-corrected chi connectivity index (χ1v) is 11.7. The van der Waals surface area contributed by atoms with Crippen LogP contribution >= 0.6 is 23.1 Å². The number of thioether (sulfide) groups is 1. The minimum atomic E-state index is -0.337. The minimum Gasteiger partial charge on any atom is -0.462 e. The van der Waals surface area contributed by atoms with E-state index in [0.717, 1.165) is 37.2 Å². The topological polar surface area (TPSA) is 67.9 Å². The van der Waals surface area contributed by atoms with Crippen LogP contribution in [0.15, 0.2) is 63.8 Å². The largest absolute Gasteiger partial charge is 0.462 e. The highest BCUT2D eigenvalue weighted by molar-refractivity contribution is 8.05. The Labute approximate surface area is 195 Å². The standard InChI is InChI=1S/C25H21N3O2S2/c1-4-30-24(29)18-8-7-9-20(13-18)28-16(2)12-19(17(28)3)14-21(15-26)31-25-27-22-10-5-6-11-23(22)32-25/h5-14H,4H2,1-3H3/b21-14+. The lowest BCUT2D eigenvalue weighted by molar-refractivity contribution is 0.0526. The highest BCUT2D eigenvalue weighted by Crippen LogP contribution is 2.35. The molecule has 160 valence electrons. The number of allylic oxidation sites excluding steroid dienone is 1. The summed E-state index contributed by atoms with van der Waals surface area (Å²) in [6, 6.07) is 19.7. The monoisotopic (exact) mass is 459 g/mol. The van der Waals surface area contributed by atoms with E-state index in [2.05, 4.69) is 15.6 Å². The molecule has 0 fully saturated rings. The predicted octanol–water partition coefficient (Wildman–Crippen LogP) is 6.54. The summed E-state index contributed by atoms with van der Waals surface area (Å²) in [5.74, 6) is -0.337. The van der Waals surface area contributed by atoms with Crippen LogP contribution < -0.4 is 0 Å². The fourth-order valence-electron chi connectivity index (χ4n) is 3.53. The predicted molar refractivity (Wildman–Crippen MR) is 130 cm³/mol. The number of para-hydroxylation sites is 1. The third kappa shape index (κ3) is 4.47. The number of aryl methyl sites for hydroxylation is 1. The summed E-state index contributed by atoms with van der Waals surface area (Å²) in [5.41, 5.74) is 5.28. The lowest BCUT2D eigenvalue weighted by Crippen LogP contribution is -2.06.